The van der Waals surface area contributed by atoms with Gasteiger partial charge in [-0.2, -0.15) is 0 Å². The van der Waals surface area contributed by atoms with Gasteiger partial charge < -0.3 is 0 Å². The Morgan fingerprint density at radius 1 is 1.56 bits per heavy atom. The second-order valence-electron chi connectivity index (χ2n) is 1.57. The van der Waals surface area contributed by atoms with Gasteiger partial charge >= 0.3 is 0 Å². The van der Waals surface area contributed by atoms with Crippen LogP contribution in [0.2, 0.25) is 0 Å². The molecule has 0 heterocycles. The Hall–Kier alpha value is -0.930. The van der Waals surface area contributed by atoms with Gasteiger partial charge in [0.25, 0.3) is 10.0 Å². The lowest BCUT2D eigenvalue weighted by Gasteiger charge is -1.86. The fraction of sp³-hybridized carbons (Fsp3) is 0.250. The molecule has 0 fully saturated rings. The number of nitrogens with zero attached hydrogens (tertiary/aromatic N) is 1. The molecule has 1 aliphatic carbocycles. The summed E-state index contributed by atoms with van der Waals surface area (Å²) in [5.41, 5.74) is 0. The minimum absolute atomic E-state index is 0.560. The number of rotatable bonds is 2. The van der Waals surface area contributed by atoms with Crippen molar-refractivity contribution in [3.05, 3.63) is 12.2 Å². The summed E-state index contributed by atoms with van der Waals surface area (Å²) in [6.07, 6.45) is 2.99. The number of sulfonamides is 1. The first-order valence-electron chi connectivity index (χ1n) is 2.23. The van der Waals surface area contributed by atoms with Crippen LogP contribution in [-0.2, 0) is 10.0 Å². The third kappa shape index (κ3) is 1.25. The first kappa shape index (κ1) is 6.19. The molecule has 0 amide bonds. The van der Waals surface area contributed by atoms with Crippen molar-refractivity contribution in [2.24, 2.45) is 4.40 Å². The fourth-order valence-electron chi connectivity index (χ4n) is 0.368. The highest BCUT2D eigenvalue weighted by Crippen LogP contribution is 2.17. The average Bonchev–Trinajstić information content (AvgIpc) is 2.41. The Labute approximate surface area is 52.5 Å². The Balaban J connectivity index is 2.86. The fourth-order valence-corrected chi connectivity index (χ4v) is 1.11. The summed E-state index contributed by atoms with van der Waals surface area (Å²) in [6, 6.07) is 1.48. The monoisotopic (exact) mass is 144 g/mol. The van der Waals surface area contributed by atoms with Crippen molar-refractivity contribution in [1.29, 1.82) is 5.41 Å². The molecule has 0 saturated heterocycles. The van der Waals surface area contributed by atoms with Crippen molar-refractivity contribution in [3.8, 4) is 0 Å². The van der Waals surface area contributed by atoms with Gasteiger partial charge in [-0.05, 0) is 0 Å². The zero-order chi connectivity index (χ0) is 6.91. The summed E-state index contributed by atoms with van der Waals surface area (Å²) in [5.74, 6) is 0. The second-order valence-corrected chi connectivity index (χ2v) is 3.32. The standard InChI is InChI=1S/C4H4N2O2S/c5-3-6-9(7,8)4-1-2-4/h1-2,4-5H. The molecule has 0 unspecified atom stereocenters. The molecule has 0 saturated carbocycles. The van der Waals surface area contributed by atoms with Gasteiger partial charge in [-0.25, -0.2) is 13.8 Å². The lowest BCUT2D eigenvalue weighted by Crippen LogP contribution is -2.02. The van der Waals surface area contributed by atoms with Gasteiger partial charge in [0.05, 0.1) is 0 Å². The lowest BCUT2D eigenvalue weighted by molar-refractivity contribution is 0.599. The molecule has 1 N–H and O–H groups in total. The quantitative estimate of drug-likeness (QED) is 0.438. The van der Waals surface area contributed by atoms with Crippen LogP contribution in [0.5, 0.6) is 0 Å². The lowest BCUT2D eigenvalue weighted by atomic mass is 10.9. The molecular formula is C4H4N2O2S. The van der Waals surface area contributed by atoms with Crippen LogP contribution < -0.4 is 0 Å². The minimum Gasteiger partial charge on any atom is -0.241 e. The molecule has 0 aromatic heterocycles. The Morgan fingerprint density at radius 3 is 2.44 bits per heavy atom. The number of hydrogen-bond donors (Lipinski definition) is 1. The average molecular weight is 144 g/mol. The van der Waals surface area contributed by atoms with E-state index in [0.717, 1.165) is 0 Å². The third-order valence-electron chi connectivity index (χ3n) is 0.866. The summed E-state index contributed by atoms with van der Waals surface area (Å²) >= 11 is 0. The Kier molecular flexibility index (Phi) is 1.23. The summed E-state index contributed by atoms with van der Waals surface area (Å²) in [6.45, 7) is 0. The van der Waals surface area contributed by atoms with Gasteiger partial charge in [0.2, 0.25) is 0 Å². The van der Waals surface area contributed by atoms with Crippen molar-refractivity contribution in [2.75, 3.05) is 0 Å². The van der Waals surface area contributed by atoms with Gasteiger partial charge in [-0.3, -0.25) is 0 Å². The molecular weight excluding hydrogens is 140 g/mol. The van der Waals surface area contributed by atoms with Crippen LogP contribution in [-0.4, -0.2) is 19.7 Å². The third-order valence-corrected chi connectivity index (χ3v) is 2.21. The van der Waals surface area contributed by atoms with Crippen molar-refractivity contribution in [2.45, 2.75) is 5.25 Å². The summed E-state index contributed by atoms with van der Waals surface area (Å²) in [7, 11) is -3.42. The number of hydrogen-bond acceptors (Lipinski definition) is 3. The van der Waals surface area contributed by atoms with Crippen LogP contribution >= 0.6 is 0 Å². The summed E-state index contributed by atoms with van der Waals surface area (Å²) in [5, 5.41) is 5.70. The molecule has 0 aliphatic heterocycles. The molecule has 1 aliphatic rings. The van der Waals surface area contributed by atoms with E-state index < -0.39 is 15.3 Å². The van der Waals surface area contributed by atoms with Gasteiger partial charge in [0.15, 0.2) is 0 Å². The highest BCUT2D eigenvalue weighted by Gasteiger charge is 2.26. The second kappa shape index (κ2) is 1.79. The van der Waals surface area contributed by atoms with Crippen LogP contribution in [0.1, 0.15) is 0 Å². The first-order chi connectivity index (χ1) is 4.17. The van der Waals surface area contributed by atoms with Crippen molar-refractivity contribution < 1.29 is 8.42 Å². The smallest absolute Gasteiger partial charge is 0.241 e. The normalized spacial score (nSPS) is 16.9. The first-order valence-corrected chi connectivity index (χ1v) is 3.73. The minimum atomic E-state index is -3.42. The highest BCUT2D eigenvalue weighted by atomic mass is 32.2. The molecule has 0 bridgehead atoms. The predicted octanol–water partition coefficient (Wildman–Crippen LogP) is 0.00727. The van der Waals surface area contributed by atoms with Crippen molar-refractivity contribution in [1.82, 2.24) is 0 Å². The zero-order valence-corrected chi connectivity index (χ0v) is 5.22. The molecule has 0 atom stereocenters. The van der Waals surface area contributed by atoms with Crippen LogP contribution in [0.15, 0.2) is 16.5 Å². The summed E-state index contributed by atoms with van der Waals surface area (Å²) in [4.78, 5) is 0. The SMILES string of the molecule is N=C=NS(=O)(=O)C1C=C1. The van der Waals surface area contributed by atoms with E-state index in [0.29, 0.717) is 0 Å². The zero-order valence-electron chi connectivity index (χ0n) is 4.40. The molecule has 9 heavy (non-hydrogen) atoms. The Morgan fingerprint density at radius 2 is 2.11 bits per heavy atom. The van der Waals surface area contributed by atoms with Crippen molar-refractivity contribution >= 4 is 16.0 Å². The maximum Gasteiger partial charge on any atom is 0.272 e. The molecule has 4 nitrogen and oxygen atoms in total. The van der Waals surface area contributed by atoms with E-state index >= 15 is 0 Å². The molecule has 48 valence electrons. The van der Waals surface area contributed by atoms with Gasteiger partial charge in [0, 0.05) is 0 Å². The maximum atomic E-state index is 10.6. The van der Waals surface area contributed by atoms with E-state index in [2.05, 4.69) is 4.40 Å². The molecule has 1 rings (SSSR count). The van der Waals surface area contributed by atoms with E-state index in [1.165, 1.54) is 18.2 Å². The van der Waals surface area contributed by atoms with E-state index in [-0.39, 0.29) is 0 Å². The molecule has 0 radical (unpaired) electrons. The van der Waals surface area contributed by atoms with Gasteiger partial charge in [-0.15, -0.1) is 0 Å². The largest absolute Gasteiger partial charge is 0.272 e. The summed E-state index contributed by atoms with van der Waals surface area (Å²) < 4.78 is 24.0. The predicted molar refractivity (Wildman–Crippen MR) is 32.0 cm³/mol. The number of nitrogens with one attached hydrogen (secondary N) is 1. The molecule has 5 heteroatoms. The molecule has 0 aromatic carbocycles. The Bertz CT molecular complexity index is 278. The van der Waals surface area contributed by atoms with Crippen LogP contribution in [0.4, 0.5) is 0 Å². The van der Waals surface area contributed by atoms with Crippen LogP contribution in [0.25, 0.3) is 0 Å². The van der Waals surface area contributed by atoms with E-state index in [4.69, 9.17) is 5.41 Å². The van der Waals surface area contributed by atoms with Crippen LogP contribution in [0.3, 0.4) is 0 Å². The topological polar surface area (TPSA) is 70.3 Å². The van der Waals surface area contributed by atoms with Gasteiger partial charge in [-0.1, -0.05) is 16.5 Å². The van der Waals surface area contributed by atoms with Crippen molar-refractivity contribution in [3.63, 3.8) is 0 Å². The highest BCUT2D eigenvalue weighted by molar-refractivity contribution is 7.91. The van der Waals surface area contributed by atoms with Gasteiger partial charge in [0.1, 0.15) is 11.3 Å². The van der Waals surface area contributed by atoms with Crippen LogP contribution in [0, 0.1) is 5.41 Å². The molecule has 0 aromatic rings. The molecule has 0 spiro atoms. The van der Waals surface area contributed by atoms with E-state index in [1.54, 1.807) is 0 Å². The van der Waals surface area contributed by atoms with E-state index in [9.17, 15) is 8.42 Å². The van der Waals surface area contributed by atoms with E-state index in [1.807, 2.05) is 0 Å². The maximum absolute atomic E-state index is 10.6.